The van der Waals surface area contributed by atoms with Crippen LogP contribution < -0.4 is 0 Å². The first-order valence-corrected chi connectivity index (χ1v) is 4.34. The number of aliphatic hydroxyl groups is 1. The fourth-order valence-electron chi connectivity index (χ4n) is 0.722. The molecule has 4 nitrogen and oxygen atoms in total. The molecule has 0 saturated heterocycles. The molecule has 0 aliphatic rings. The van der Waals surface area contributed by atoms with E-state index < -0.39 is 6.16 Å². The molecule has 1 rings (SSSR count). The van der Waals surface area contributed by atoms with Gasteiger partial charge in [-0.15, -0.1) is 0 Å². The molecule has 1 aromatic rings. The van der Waals surface area contributed by atoms with Crippen molar-refractivity contribution in [3.63, 3.8) is 0 Å². The van der Waals surface area contributed by atoms with E-state index in [1.807, 2.05) is 36.4 Å². The molecule has 1 aromatic carbocycles. The van der Waals surface area contributed by atoms with Crippen LogP contribution in [0.2, 0.25) is 0 Å². The van der Waals surface area contributed by atoms with Crippen LogP contribution in [0, 0.1) is 0 Å². The molecule has 15 heavy (non-hydrogen) atoms. The SMILES string of the molecule is C=Cc1ccccc1.O=C(O)OCCO. The van der Waals surface area contributed by atoms with E-state index in [0.29, 0.717) is 0 Å². The van der Waals surface area contributed by atoms with Crippen LogP contribution in [0.1, 0.15) is 5.56 Å². The smallest absolute Gasteiger partial charge is 0.450 e. The van der Waals surface area contributed by atoms with E-state index in [0.717, 1.165) is 0 Å². The summed E-state index contributed by atoms with van der Waals surface area (Å²) in [5, 5.41) is 15.6. The molecule has 0 fully saturated rings. The monoisotopic (exact) mass is 210 g/mol. The highest BCUT2D eigenvalue weighted by Gasteiger charge is 1.90. The molecule has 0 spiro atoms. The van der Waals surface area contributed by atoms with Crippen LogP contribution in [0.4, 0.5) is 4.79 Å². The van der Waals surface area contributed by atoms with Gasteiger partial charge in [-0.05, 0) is 5.56 Å². The highest BCUT2D eigenvalue weighted by molar-refractivity contribution is 5.56. The van der Waals surface area contributed by atoms with Gasteiger partial charge in [0.05, 0.1) is 6.61 Å². The second-order valence-electron chi connectivity index (χ2n) is 2.45. The van der Waals surface area contributed by atoms with Crippen molar-refractivity contribution in [2.75, 3.05) is 13.2 Å². The Morgan fingerprint density at radius 3 is 2.27 bits per heavy atom. The lowest BCUT2D eigenvalue weighted by Gasteiger charge is -1.91. The maximum atomic E-state index is 9.42. The van der Waals surface area contributed by atoms with E-state index in [2.05, 4.69) is 11.3 Å². The minimum Gasteiger partial charge on any atom is -0.450 e. The Morgan fingerprint density at radius 2 is 2.00 bits per heavy atom. The van der Waals surface area contributed by atoms with Gasteiger partial charge in [-0.1, -0.05) is 43.0 Å². The summed E-state index contributed by atoms with van der Waals surface area (Å²) in [6, 6.07) is 10.0. The highest BCUT2D eigenvalue weighted by atomic mass is 16.7. The zero-order valence-electron chi connectivity index (χ0n) is 8.30. The lowest BCUT2D eigenvalue weighted by molar-refractivity contribution is 0.0743. The molecule has 4 heteroatoms. The average molecular weight is 210 g/mol. The number of ether oxygens (including phenoxy) is 1. The van der Waals surface area contributed by atoms with Gasteiger partial charge >= 0.3 is 6.16 Å². The van der Waals surface area contributed by atoms with Crippen LogP contribution in [0.3, 0.4) is 0 Å². The van der Waals surface area contributed by atoms with Crippen molar-refractivity contribution in [2.24, 2.45) is 0 Å². The lowest BCUT2D eigenvalue weighted by atomic mass is 10.2. The molecule has 0 aliphatic heterocycles. The summed E-state index contributed by atoms with van der Waals surface area (Å²) in [7, 11) is 0. The number of carbonyl (C=O) groups is 1. The number of hydrogen-bond donors (Lipinski definition) is 2. The van der Waals surface area contributed by atoms with E-state index >= 15 is 0 Å². The maximum absolute atomic E-state index is 9.42. The summed E-state index contributed by atoms with van der Waals surface area (Å²) < 4.78 is 3.86. The Labute approximate surface area is 88.4 Å². The second-order valence-corrected chi connectivity index (χ2v) is 2.45. The highest BCUT2D eigenvalue weighted by Crippen LogP contribution is 1.97. The largest absolute Gasteiger partial charge is 0.505 e. The molecule has 0 radical (unpaired) electrons. The third-order valence-corrected chi connectivity index (χ3v) is 1.35. The summed E-state index contributed by atoms with van der Waals surface area (Å²) in [6.07, 6.45) is 0.481. The van der Waals surface area contributed by atoms with Gasteiger partial charge in [0, 0.05) is 0 Å². The number of rotatable bonds is 3. The normalized spacial score (nSPS) is 8.33. The minimum atomic E-state index is -1.35. The van der Waals surface area contributed by atoms with Crippen LogP contribution >= 0.6 is 0 Å². The van der Waals surface area contributed by atoms with Crippen molar-refractivity contribution in [1.29, 1.82) is 0 Å². The van der Waals surface area contributed by atoms with Gasteiger partial charge in [-0.25, -0.2) is 4.79 Å². The Hall–Kier alpha value is -1.81. The quantitative estimate of drug-likeness (QED) is 0.749. The van der Waals surface area contributed by atoms with Gasteiger partial charge in [-0.2, -0.15) is 0 Å². The van der Waals surface area contributed by atoms with Crippen molar-refractivity contribution < 1.29 is 19.7 Å². The summed E-state index contributed by atoms with van der Waals surface area (Å²) in [5.74, 6) is 0. The maximum Gasteiger partial charge on any atom is 0.505 e. The zero-order chi connectivity index (χ0) is 11.5. The molecule has 2 N–H and O–H groups in total. The Balaban J connectivity index is 0.000000265. The first-order chi connectivity index (χ1) is 7.20. The summed E-state index contributed by atoms with van der Waals surface area (Å²) in [4.78, 5) is 9.42. The second kappa shape index (κ2) is 8.77. The number of aliphatic hydroxyl groups excluding tert-OH is 1. The standard InChI is InChI=1S/C8H8.C3H6O4/c1-2-8-6-4-3-5-7-8;4-1-2-7-3(5)6/h2-7H,1H2;4H,1-2H2,(H,5,6). The third-order valence-electron chi connectivity index (χ3n) is 1.35. The van der Waals surface area contributed by atoms with Crippen LogP contribution in [-0.4, -0.2) is 29.6 Å². The molecule has 0 atom stereocenters. The van der Waals surface area contributed by atoms with Gasteiger partial charge in [-0.3, -0.25) is 0 Å². The Morgan fingerprint density at radius 1 is 1.40 bits per heavy atom. The van der Waals surface area contributed by atoms with E-state index in [1.165, 1.54) is 5.56 Å². The van der Waals surface area contributed by atoms with Crippen molar-refractivity contribution in [3.8, 4) is 0 Å². The number of carboxylic acid groups (broad SMARTS) is 1. The van der Waals surface area contributed by atoms with Gasteiger partial charge in [0.1, 0.15) is 6.61 Å². The fraction of sp³-hybridized carbons (Fsp3) is 0.182. The molecule has 0 aliphatic carbocycles. The van der Waals surface area contributed by atoms with Gasteiger partial charge in [0.15, 0.2) is 0 Å². The molecule has 0 unspecified atom stereocenters. The molecule has 0 bridgehead atoms. The predicted molar refractivity (Wildman–Crippen MR) is 57.6 cm³/mol. The summed E-state index contributed by atoms with van der Waals surface area (Å²) >= 11 is 0. The van der Waals surface area contributed by atoms with E-state index in [-0.39, 0.29) is 13.2 Å². The first-order valence-electron chi connectivity index (χ1n) is 4.34. The van der Waals surface area contributed by atoms with Crippen molar-refractivity contribution in [3.05, 3.63) is 42.5 Å². The zero-order valence-corrected chi connectivity index (χ0v) is 8.30. The van der Waals surface area contributed by atoms with Crippen LogP contribution in [0.15, 0.2) is 36.9 Å². The Kier molecular flexibility index (Phi) is 7.71. The molecule has 0 saturated carbocycles. The molecular weight excluding hydrogens is 196 g/mol. The van der Waals surface area contributed by atoms with Crippen molar-refractivity contribution >= 4 is 12.2 Å². The first kappa shape index (κ1) is 13.2. The number of hydrogen-bond acceptors (Lipinski definition) is 3. The average Bonchev–Trinajstić information content (AvgIpc) is 2.28. The van der Waals surface area contributed by atoms with Crippen molar-refractivity contribution in [2.45, 2.75) is 0 Å². The van der Waals surface area contributed by atoms with Crippen LogP contribution in [-0.2, 0) is 4.74 Å². The fourth-order valence-corrected chi connectivity index (χ4v) is 0.722. The third kappa shape index (κ3) is 8.52. The van der Waals surface area contributed by atoms with Crippen LogP contribution in [0.25, 0.3) is 6.08 Å². The van der Waals surface area contributed by atoms with E-state index in [9.17, 15) is 4.79 Å². The van der Waals surface area contributed by atoms with Crippen LogP contribution in [0.5, 0.6) is 0 Å². The van der Waals surface area contributed by atoms with E-state index in [1.54, 1.807) is 0 Å². The molecular formula is C11H14O4. The number of benzene rings is 1. The Bertz CT molecular complexity index is 282. The molecule has 0 aromatic heterocycles. The van der Waals surface area contributed by atoms with Crippen molar-refractivity contribution in [1.82, 2.24) is 0 Å². The minimum absolute atomic E-state index is 0.144. The topological polar surface area (TPSA) is 66.8 Å². The summed E-state index contributed by atoms with van der Waals surface area (Å²) in [6.45, 7) is 3.23. The predicted octanol–water partition coefficient (Wildman–Crippen LogP) is 2.00. The molecule has 82 valence electrons. The lowest BCUT2D eigenvalue weighted by Crippen LogP contribution is -2.04. The van der Waals surface area contributed by atoms with Gasteiger partial charge < -0.3 is 14.9 Å². The van der Waals surface area contributed by atoms with Gasteiger partial charge in [0.2, 0.25) is 0 Å². The summed E-state index contributed by atoms with van der Waals surface area (Å²) in [5.41, 5.74) is 1.17. The van der Waals surface area contributed by atoms with Gasteiger partial charge in [0.25, 0.3) is 0 Å². The van der Waals surface area contributed by atoms with E-state index in [4.69, 9.17) is 10.2 Å². The molecule has 0 amide bonds. The molecule has 0 heterocycles.